The zero-order chi connectivity index (χ0) is 22.7. The third-order valence-electron chi connectivity index (χ3n) is 6.41. The Labute approximate surface area is 195 Å². The Morgan fingerprint density at radius 2 is 1.81 bits per heavy atom. The highest BCUT2D eigenvalue weighted by molar-refractivity contribution is 7.89. The standard InChI is InChI=1S/C24H30ClN3O3S/c1-18-11-12-19(32(30,31)28-14-5-2-6-15-28)16-22(18)26-24(29)17-27-13-7-10-23(27)20-8-3-4-9-21(20)25/h3-4,8-9,11-12,16,23H,2,5-7,10,13-15,17H2,1H3,(H,26,29). The number of hydrogen-bond acceptors (Lipinski definition) is 4. The van der Waals surface area contributed by atoms with Crippen LogP contribution in [0.4, 0.5) is 5.69 Å². The van der Waals surface area contributed by atoms with Gasteiger partial charge in [0.05, 0.1) is 11.4 Å². The summed E-state index contributed by atoms with van der Waals surface area (Å²) in [5.74, 6) is -0.153. The van der Waals surface area contributed by atoms with Crippen molar-refractivity contribution >= 4 is 33.2 Å². The SMILES string of the molecule is Cc1ccc(S(=O)(=O)N2CCCCC2)cc1NC(=O)CN1CCCC1c1ccccc1Cl. The van der Waals surface area contributed by atoms with Crippen LogP contribution in [0.3, 0.4) is 0 Å². The average Bonchev–Trinajstić information content (AvgIpc) is 3.23. The first-order valence-corrected chi connectivity index (χ1v) is 13.1. The van der Waals surface area contributed by atoms with Crippen molar-refractivity contribution in [3.63, 3.8) is 0 Å². The molecule has 1 atom stereocenters. The number of aryl methyl sites for hydroxylation is 1. The van der Waals surface area contributed by atoms with Gasteiger partial charge in [-0.15, -0.1) is 0 Å². The molecule has 0 saturated carbocycles. The van der Waals surface area contributed by atoms with Crippen LogP contribution in [0, 0.1) is 6.92 Å². The van der Waals surface area contributed by atoms with Crippen LogP contribution >= 0.6 is 11.6 Å². The predicted octanol–water partition coefficient (Wildman–Crippen LogP) is 4.60. The lowest BCUT2D eigenvalue weighted by Gasteiger charge is -2.26. The maximum atomic E-state index is 13.0. The van der Waals surface area contributed by atoms with E-state index in [1.807, 2.05) is 31.2 Å². The molecule has 1 unspecified atom stereocenters. The maximum absolute atomic E-state index is 13.0. The Morgan fingerprint density at radius 3 is 2.56 bits per heavy atom. The Morgan fingerprint density at radius 1 is 1.06 bits per heavy atom. The van der Waals surface area contributed by atoms with Gasteiger partial charge in [-0.05, 0) is 68.5 Å². The molecule has 2 aromatic rings. The topological polar surface area (TPSA) is 69.7 Å². The lowest BCUT2D eigenvalue weighted by atomic mass is 10.0. The van der Waals surface area contributed by atoms with E-state index in [4.69, 9.17) is 11.6 Å². The molecule has 2 saturated heterocycles. The first-order chi connectivity index (χ1) is 15.4. The highest BCUT2D eigenvalue weighted by Crippen LogP contribution is 2.35. The molecule has 0 aliphatic carbocycles. The summed E-state index contributed by atoms with van der Waals surface area (Å²) in [4.78, 5) is 15.3. The molecular formula is C24H30ClN3O3S. The largest absolute Gasteiger partial charge is 0.325 e. The first-order valence-electron chi connectivity index (χ1n) is 11.3. The molecule has 2 heterocycles. The number of halogens is 1. The van der Waals surface area contributed by atoms with E-state index in [9.17, 15) is 13.2 Å². The second kappa shape index (κ2) is 9.91. The van der Waals surface area contributed by atoms with Gasteiger partial charge in [0, 0.05) is 29.8 Å². The van der Waals surface area contributed by atoms with Gasteiger partial charge in [0.1, 0.15) is 0 Å². The van der Waals surface area contributed by atoms with Gasteiger partial charge in [-0.2, -0.15) is 4.31 Å². The second-order valence-electron chi connectivity index (χ2n) is 8.64. The number of carbonyl (C=O) groups excluding carboxylic acids is 1. The molecule has 8 heteroatoms. The molecule has 6 nitrogen and oxygen atoms in total. The van der Waals surface area contributed by atoms with E-state index >= 15 is 0 Å². The van der Waals surface area contributed by atoms with Crippen LogP contribution in [0.25, 0.3) is 0 Å². The number of nitrogens with zero attached hydrogens (tertiary/aromatic N) is 2. The average molecular weight is 476 g/mol. The van der Waals surface area contributed by atoms with Crippen molar-refractivity contribution < 1.29 is 13.2 Å². The minimum Gasteiger partial charge on any atom is -0.325 e. The molecule has 1 N–H and O–H groups in total. The van der Waals surface area contributed by atoms with Gasteiger partial charge in [0.15, 0.2) is 0 Å². The lowest BCUT2D eigenvalue weighted by molar-refractivity contribution is -0.117. The fraction of sp³-hybridized carbons (Fsp3) is 0.458. The molecule has 0 bridgehead atoms. The molecule has 0 spiro atoms. The molecule has 4 rings (SSSR count). The van der Waals surface area contributed by atoms with E-state index in [-0.39, 0.29) is 23.4 Å². The summed E-state index contributed by atoms with van der Waals surface area (Å²) in [7, 11) is -3.55. The summed E-state index contributed by atoms with van der Waals surface area (Å²) in [6, 6.07) is 12.9. The number of benzene rings is 2. The van der Waals surface area contributed by atoms with E-state index in [0.29, 0.717) is 18.8 Å². The molecule has 2 fully saturated rings. The molecule has 0 aromatic heterocycles. The third-order valence-corrected chi connectivity index (χ3v) is 8.65. The first kappa shape index (κ1) is 23.2. The van der Waals surface area contributed by atoms with Gasteiger partial charge in [0.25, 0.3) is 0 Å². The van der Waals surface area contributed by atoms with Gasteiger partial charge in [-0.3, -0.25) is 9.69 Å². The molecule has 1 amide bonds. The number of likely N-dealkylation sites (tertiary alicyclic amines) is 1. The summed E-state index contributed by atoms with van der Waals surface area (Å²) >= 11 is 6.39. The normalized spacial score (nSPS) is 20.4. The smallest absolute Gasteiger partial charge is 0.243 e. The number of piperidine rings is 1. The fourth-order valence-corrected chi connectivity index (χ4v) is 6.44. The van der Waals surface area contributed by atoms with Gasteiger partial charge in [0.2, 0.25) is 15.9 Å². The number of rotatable bonds is 6. The van der Waals surface area contributed by atoms with Crippen LogP contribution in [0.2, 0.25) is 5.02 Å². The van der Waals surface area contributed by atoms with Gasteiger partial charge in [-0.1, -0.05) is 42.3 Å². The quantitative estimate of drug-likeness (QED) is 0.662. The number of carbonyl (C=O) groups is 1. The predicted molar refractivity (Wildman–Crippen MR) is 127 cm³/mol. The van der Waals surface area contributed by atoms with Gasteiger partial charge >= 0.3 is 0 Å². The third kappa shape index (κ3) is 5.01. The molecule has 0 radical (unpaired) electrons. The van der Waals surface area contributed by atoms with Crippen molar-refractivity contribution in [1.29, 1.82) is 0 Å². The monoisotopic (exact) mass is 475 g/mol. The Bertz CT molecular complexity index is 1080. The van der Waals surface area contributed by atoms with Crippen LogP contribution in [0.15, 0.2) is 47.4 Å². The molecular weight excluding hydrogens is 446 g/mol. The number of sulfonamides is 1. The lowest BCUT2D eigenvalue weighted by Crippen LogP contribution is -2.35. The molecule has 172 valence electrons. The van der Waals surface area contributed by atoms with Crippen LogP contribution in [0.1, 0.15) is 49.3 Å². The highest BCUT2D eigenvalue weighted by atomic mass is 35.5. The van der Waals surface area contributed by atoms with E-state index < -0.39 is 10.0 Å². The van der Waals surface area contributed by atoms with Crippen molar-refractivity contribution in [3.05, 3.63) is 58.6 Å². The Balaban J connectivity index is 1.47. The number of anilines is 1. The molecule has 2 aliphatic heterocycles. The zero-order valence-corrected chi connectivity index (χ0v) is 20.0. The van der Waals surface area contributed by atoms with Crippen molar-refractivity contribution in [1.82, 2.24) is 9.21 Å². The van der Waals surface area contributed by atoms with Crippen molar-refractivity contribution in [3.8, 4) is 0 Å². The minimum atomic E-state index is -3.55. The van der Waals surface area contributed by atoms with E-state index in [0.717, 1.165) is 54.8 Å². The fourth-order valence-electron chi connectivity index (χ4n) is 4.64. The van der Waals surface area contributed by atoms with E-state index in [1.54, 1.807) is 22.5 Å². The molecule has 32 heavy (non-hydrogen) atoms. The molecule has 2 aliphatic rings. The van der Waals surface area contributed by atoms with Crippen LogP contribution in [-0.2, 0) is 14.8 Å². The minimum absolute atomic E-state index is 0.112. The summed E-state index contributed by atoms with van der Waals surface area (Å²) in [5, 5.41) is 3.66. The Hall–Kier alpha value is -1.93. The summed E-state index contributed by atoms with van der Waals surface area (Å²) in [6.07, 6.45) is 4.80. The second-order valence-corrected chi connectivity index (χ2v) is 11.0. The van der Waals surface area contributed by atoms with Crippen molar-refractivity contribution in [2.24, 2.45) is 0 Å². The highest BCUT2D eigenvalue weighted by Gasteiger charge is 2.30. The number of nitrogens with one attached hydrogen (secondary N) is 1. The van der Waals surface area contributed by atoms with Crippen LogP contribution < -0.4 is 5.32 Å². The van der Waals surface area contributed by atoms with Crippen LogP contribution in [-0.4, -0.2) is 49.7 Å². The molecule has 2 aromatic carbocycles. The number of amides is 1. The number of hydrogen-bond donors (Lipinski definition) is 1. The zero-order valence-electron chi connectivity index (χ0n) is 18.4. The summed E-state index contributed by atoms with van der Waals surface area (Å²) < 4.78 is 27.6. The van der Waals surface area contributed by atoms with E-state index in [2.05, 4.69) is 10.2 Å². The van der Waals surface area contributed by atoms with Gasteiger partial charge in [-0.25, -0.2) is 8.42 Å². The van der Waals surface area contributed by atoms with Crippen LogP contribution in [0.5, 0.6) is 0 Å². The summed E-state index contributed by atoms with van der Waals surface area (Å²) in [6.45, 7) is 4.03. The van der Waals surface area contributed by atoms with Crippen molar-refractivity contribution in [2.75, 3.05) is 31.5 Å². The summed E-state index contributed by atoms with van der Waals surface area (Å²) in [5.41, 5.74) is 2.42. The maximum Gasteiger partial charge on any atom is 0.243 e. The Kier molecular flexibility index (Phi) is 7.20. The van der Waals surface area contributed by atoms with Gasteiger partial charge < -0.3 is 5.32 Å². The van der Waals surface area contributed by atoms with Crippen molar-refractivity contribution in [2.45, 2.75) is 50.0 Å². The van der Waals surface area contributed by atoms with E-state index in [1.165, 1.54) is 0 Å².